The summed E-state index contributed by atoms with van der Waals surface area (Å²) in [6.07, 6.45) is 6.19. The van der Waals surface area contributed by atoms with Gasteiger partial charge >= 0.3 is 0 Å². The minimum absolute atomic E-state index is 1.06. The van der Waals surface area contributed by atoms with E-state index >= 15 is 0 Å². The molecule has 2 aliphatic carbocycles. The standard InChI is InChI=1S/C8H14/c1-6-4-7-2-3-8(7)5-6/h6-8H,2-5H2,1H3/t6?,7-,8?/m1/s1. The largest absolute Gasteiger partial charge is 0.0625 e. The fourth-order valence-electron chi connectivity index (χ4n) is 2.39. The third kappa shape index (κ3) is 0.519. The van der Waals surface area contributed by atoms with Crippen molar-refractivity contribution >= 4 is 0 Å². The highest BCUT2D eigenvalue weighted by Crippen LogP contribution is 2.49. The molecule has 0 nitrogen and oxygen atoms in total. The fraction of sp³-hybridized carbons (Fsp3) is 1.00. The van der Waals surface area contributed by atoms with E-state index in [1.807, 2.05) is 0 Å². The lowest BCUT2D eigenvalue weighted by Crippen LogP contribution is -2.18. The van der Waals surface area contributed by atoms with Gasteiger partial charge in [-0.1, -0.05) is 6.92 Å². The number of rotatable bonds is 0. The molecule has 0 aromatic carbocycles. The molecule has 2 saturated carbocycles. The molecule has 0 aromatic rings. The summed E-state index contributed by atoms with van der Waals surface area (Å²) in [5.41, 5.74) is 0. The van der Waals surface area contributed by atoms with Crippen LogP contribution in [0.5, 0.6) is 0 Å². The molecule has 0 aliphatic heterocycles. The summed E-state index contributed by atoms with van der Waals surface area (Å²) in [5, 5.41) is 0. The first kappa shape index (κ1) is 4.84. The van der Waals surface area contributed by atoms with Crippen molar-refractivity contribution in [3.8, 4) is 0 Å². The van der Waals surface area contributed by atoms with Crippen molar-refractivity contribution in [1.29, 1.82) is 0 Å². The second kappa shape index (κ2) is 1.49. The number of hydrogen-bond donors (Lipinski definition) is 0. The minimum Gasteiger partial charge on any atom is -0.0625 e. The molecule has 0 heteroatoms. The maximum atomic E-state index is 2.40. The molecule has 0 radical (unpaired) electrons. The van der Waals surface area contributed by atoms with Crippen molar-refractivity contribution in [2.45, 2.75) is 32.6 Å². The molecule has 0 saturated heterocycles. The second-order valence-electron chi connectivity index (χ2n) is 3.67. The zero-order valence-corrected chi connectivity index (χ0v) is 5.56. The van der Waals surface area contributed by atoms with E-state index < -0.39 is 0 Å². The quantitative estimate of drug-likeness (QED) is 0.449. The smallest absolute Gasteiger partial charge is 0.0383 e. The van der Waals surface area contributed by atoms with Crippen LogP contribution < -0.4 is 0 Å². The molecule has 2 unspecified atom stereocenters. The van der Waals surface area contributed by atoms with Gasteiger partial charge in [-0.05, 0) is 43.4 Å². The molecule has 46 valence electrons. The van der Waals surface area contributed by atoms with Gasteiger partial charge in [0.1, 0.15) is 0 Å². The zero-order chi connectivity index (χ0) is 5.56. The predicted octanol–water partition coefficient (Wildman–Crippen LogP) is 2.44. The highest BCUT2D eigenvalue weighted by Gasteiger charge is 2.37. The van der Waals surface area contributed by atoms with Gasteiger partial charge in [0.2, 0.25) is 0 Å². The van der Waals surface area contributed by atoms with E-state index in [2.05, 4.69) is 6.92 Å². The highest BCUT2D eigenvalue weighted by atomic mass is 14.4. The summed E-state index contributed by atoms with van der Waals surface area (Å²) in [6, 6.07) is 0. The number of hydrogen-bond acceptors (Lipinski definition) is 0. The van der Waals surface area contributed by atoms with Crippen molar-refractivity contribution in [1.82, 2.24) is 0 Å². The van der Waals surface area contributed by atoms with Crippen molar-refractivity contribution < 1.29 is 0 Å². The minimum atomic E-state index is 1.06. The first-order valence-corrected chi connectivity index (χ1v) is 3.86. The van der Waals surface area contributed by atoms with Gasteiger partial charge in [-0.25, -0.2) is 0 Å². The van der Waals surface area contributed by atoms with Gasteiger partial charge in [0.15, 0.2) is 0 Å². The van der Waals surface area contributed by atoms with Crippen LogP contribution >= 0.6 is 0 Å². The van der Waals surface area contributed by atoms with Crippen LogP contribution in [0.15, 0.2) is 0 Å². The average molecular weight is 110 g/mol. The maximum absolute atomic E-state index is 2.40. The van der Waals surface area contributed by atoms with Gasteiger partial charge in [-0.15, -0.1) is 0 Å². The monoisotopic (exact) mass is 110 g/mol. The first-order valence-electron chi connectivity index (χ1n) is 3.86. The SMILES string of the molecule is CC1CC2CC[C@@H]2C1. The molecular weight excluding hydrogens is 96.1 g/mol. The van der Waals surface area contributed by atoms with E-state index in [-0.39, 0.29) is 0 Å². The molecule has 0 spiro atoms. The molecule has 2 rings (SSSR count). The maximum Gasteiger partial charge on any atom is -0.0383 e. The van der Waals surface area contributed by atoms with E-state index in [1.54, 1.807) is 25.7 Å². The normalized spacial score (nSPS) is 52.9. The fourth-order valence-corrected chi connectivity index (χ4v) is 2.39. The Kier molecular flexibility index (Phi) is 0.902. The van der Waals surface area contributed by atoms with Crippen LogP contribution in [0.1, 0.15) is 32.6 Å². The Labute approximate surface area is 51.3 Å². The summed E-state index contributed by atoms with van der Waals surface area (Å²) in [7, 11) is 0. The Balaban J connectivity index is 2.00. The summed E-state index contributed by atoms with van der Waals surface area (Å²) in [4.78, 5) is 0. The summed E-state index contributed by atoms with van der Waals surface area (Å²) >= 11 is 0. The van der Waals surface area contributed by atoms with Crippen LogP contribution in [-0.4, -0.2) is 0 Å². The second-order valence-corrected chi connectivity index (χ2v) is 3.67. The summed E-state index contributed by atoms with van der Waals surface area (Å²) < 4.78 is 0. The van der Waals surface area contributed by atoms with Gasteiger partial charge in [-0.2, -0.15) is 0 Å². The third-order valence-electron chi connectivity index (χ3n) is 2.99. The van der Waals surface area contributed by atoms with Crippen LogP contribution in [0.4, 0.5) is 0 Å². The molecule has 2 aliphatic rings. The van der Waals surface area contributed by atoms with Crippen LogP contribution in [0.3, 0.4) is 0 Å². The Morgan fingerprint density at radius 2 is 1.50 bits per heavy atom. The summed E-state index contributed by atoms with van der Waals surface area (Å²) in [5.74, 6) is 3.41. The van der Waals surface area contributed by atoms with Crippen molar-refractivity contribution in [2.75, 3.05) is 0 Å². The molecule has 2 fully saturated rings. The lowest BCUT2D eigenvalue weighted by atomic mass is 9.77. The molecule has 0 heterocycles. The van der Waals surface area contributed by atoms with Gasteiger partial charge in [0, 0.05) is 0 Å². The van der Waals surface area contributed by atoms with E-state index in [4.69, 9.17) is 0 Å². The van der Waals surface area contributed by atoms with Crippen LogP contribution in [0.2, 0.25) is 0 Å². The zero-order valence-electron chi connectivity index (χ0n) is 5.56. The predicted molar refractivity (Wildman–Crippen MR) is 34.6 cm³/mol. The van der Waals surface area contributed by atoms with Crippen LogP contribution in [0, 0.1) is 17.8 Å². The summed E-state index contributed by atoms with van der Waals surface area (Å²) in [6.45, 7) is 2.40. The van der Waals surface area contributed by atoms with E-state index in [1.165, 1.54) is 11.8 Å². The van der Waals surface area contributed by atoms with E-state index in [0.717, 1.165) is 5.92 Å². The molecule has 3 atom stereocenters. The molecule has 0 amide bonds. The average Bonchev–Trinajstić information content (AvgIpc) is 1.91. The molecule has 8 heavy (non-hydrogen) atoms. The Morgan fingerprint density at radius 3 is 1.75 bits per heavy atom. The van der Waals surface area contributed by atoms with Gasteiger partial charge in [0.05, 0.1) is 0 Å². The van der Waals surface area contributed by atoms with Crippen molar-refractivity contribution in [2.24, 2.45) is 17.8 Å². The van der Waals surface area contributed by atoms with Crippen molar-refractivity contribution in [3.05, 3.63) is 0 Å². The van der Waals surface area contributed by atoms with Gasteiger partial charge in [-0.3, -0.25) is 0 Å². The van der Waals surface area contributed by atoms with Gasteiger partial charge < -0.3 is 0 Å². The number of fused-ring (bicyclic) bond motifs is 1. The van der Waals surface area contributed by atoms with E-state index in [9.17, 15) is 0 Å². The molecule has 0 aromatic heterocycles. The van der Waals surface area contributed by atoms with Crippen LogP contribution in [0.25, 0.3) is 0 Å². The topological polar surface area (TPSA) is 0 Å². The lowest BCUT2D eigenvalue weighted by Gasteiger charge is -2.29. The van der Waals surface area contributed by atoms with E-state index in [0.29, 0.717) is 0 Å². The van der Waals surface area contributed by atoms with Crippen molar-refractivity contribution in [3.63, 3.8) is 0 Å². The first-order chi connectivity index (χ1) is 3.86. The van der Waals surface area contributed by atoms with Gasteiger partial charge in [0.25, 0.3) is 0 Å². The lowest BCUT2D eigenvalue weighted by molar-refractivity contribution is 0.219. The Morgan fingerprint density at radius 1 is 1.00 bits per heavy atom. The molecule has 0 bridgehead atoms. The third-order valence-corrected chi connectivity index (χ3v) is 2.99. The highest BCUT2D eigenvalue weighted by molar-refractivity contribution is 4.88. The van der Waals surface area contributed by atoms with Crippen LogP contribution in [-0.2, 0) is 0 Å². The Hall–Kier alpha value is 0. The Bertz CT molecular complexity index is 84.2. The molecule has 0 N–H and O–H groups in total. The molecular formula is C8H14.